The molecule has 1 aromatic carbocycles. The van der Waals surface area contributed by atoms with E-state index in [9.17, 15) is 0 Å². The van der Waals surface area contributed by atoms with Crippen molar-refractivity contribution in [1.82, 2.24) is 4.98 Å². The SMILES string of the molecule is NCc1ccc(OCc2ccc3c(c2)OCO3)cn1. The molecule has 3 rings (SSSR count). The minimum absolute atomic E-state index is 0.282. The lowest BCUT2D eigenvalue weighted by molar-refractivity contribution is 0.174. The predicted octanol–water partition coefficient (Wildman–Crippen LogP) is 1.85. The number of nitrogens with two attached hydrogens (primary N) is 1. The average molecular weight is 258 g/mol. The number of aromatic nitrogens is 1. The third-order valence-corrected chi connectivity index (χ3v) is 2.85. The van der Waals surface area contributed by atoms with Crippen LogP contribution in [0.4, 0.5) is 0 Å². The van der Waals surface area contributed by atoms with Crippen molar-refractivity contribution in [1.29, 1.82) is 0 Å². The van der Waals surface area contributed by atoms with E-state index in [1.54, 1.807) is 6.20 Å². The van der Waals surface area contributed by atoms with Crippen LogP contribution < -0.4 is 19.9 Å². The largest absolute Gasteiger partial charge is 0.487 e. The van der Waals surface area contributed by atoms with Crippen molar-refractivity contribution in [2.24, 2.45) is 5.73 Å². The topological polar surface area (TPSA) is 66.6 Å². The van der Waals surface area contributed by atoms with Crippen LogP contribution in [-0.2, 0) is 13.2 Å². The molecule has 1 aromatic heterocycles. The maximum Gasteiger partial charge on any atom is 0.231 e. The Morgan fingerprint density at radius 3 is 2.84 bits per heavy atom. The van der Waals surface area contributed by atoms with Gasteiger partial charge in [0.25, 0.3) is 0 Å². The summed E-state index contributed by atoms with van der Waals surface area (Å²) in [5.41, 5.74) is 7.35. The van der Waals surface area contributed by atoms with Gasteiger partial charge in [-0.2, -0.15) is 0 Å². The molecule has 5 heteroatoms. The molecular weight excluding hydrogens is 244 g/mol. The Morgan fingerprint density at radius 1 is 1.16 bits per heavy atom. The van der Waals surface area contributed by atoms with Gasteiger partial charge in [0.1, 0.15) is 12.4 Å². The fourth-order valence-electron chi connectivity index (χ4n) is 1.81. The molecule has 0 radical (unpaired) electrons. The summed E-state index contributed by atoms with van der Waals surface area (Å²) in [6.45, 7) is 1.17. The van der Waals surface area contributed by atoms with Crippen LogP contribution in [0.3, 0.4) is 0 Å². The highest BCUT2D eigenvalue weighted by Gasteiger charge is 2.13. The van der Waals surface area contributed by atoms with Gasteiger partial charge in [0.15, 0.2) is 11.5 Å². The van der Waals surface area contributed by atoms with Crippen LogP contribution in [0.2, 0.25) is 0 Å². The molecule has 0 saturated heterocycles. The summed E-state index contributed by atoms with van der Waals surface area (Å²) in [6.07, 6.45) is 1.68. The molecule has 0 fully saturated rings. The summed E-state index contributed by atoms with van der Waals surface area (Å²) < 4.78 is 16.2. The quantitative estimate of drug-likeness (QED) is 0.906. The molecule has 98 valence electrons. The Kier molecular flexibility index (Phi) is 3.20. The molecular formula is C14H14N2O3. The Balaban J connectivity index is 1.65. The van der Waals surface area contributed by atoms with Gasteiger partial charge in [-0.15, -0.1) is 0 Å². The van der Waals surface area contributed by atoms with E-state index in [2.05, 4.69) is 4.98 Å². The number of hydrogen-bond donors (Lipinski definition) is 1. The number of pyridine rings is 1. The highest BCUT2D eigenvalue weighted by atomic mass is 16.7. The van der Waals surface area contributed by atoms with Gasteiger partial charge < -0.3 is 19.9 Å². The highest BCUT2D eigenvalue weighted by molar-refractivity contribution is 5.44. The van der Waals surface area contributed by atoms with Gasteiger partial charge in [0, 0.05) is 6.54 Å². The normalized spacial score (nSPS) is 12.5. The van der Waals surface area contributed by atoms with Gasteiger partial charge >= 0.3 is 0 Å². The van der Waals surface area contributed by atoms with E-state index in [1.807, 2.05) is 30.3 Å². The molecule has 0 spiro atoms. The minimum Gasteiger partial charge on any atom is -0.487 e. The molecule has 0 unspecified atom stereocenters. The Bertz CT molecular complexity index is 569. The van der Waals surface area contributed by atoms with Gasteiger partial charge in [0.2, 0.25) is 6.79 Å². The van der Waals surface area contributed by atoms with Crippen molar-refractivity contribution < 1.29 is 14.2 Å². The van der Waals surface area contributed by atoms with Gasteiger partial charge in [-0.3, -0.25) is 4.98 Å². The van der Waals surface area contributed by atoms with E-state index in [0.717, 1.165) is 28.5 Å². The molecule has 2 heterocycles. The first-order valence-corrected chi connectivity index (χ1v) is 6.01. The van der Waals surface area contributed by atoms with E-state index in [-0.39, 0.29) is 6.79 Å². The zero-order chi connectivity index (χ0) is 13.1. The molecule has 2 N–H and O–H groups in total. The van der Waals surface area contributed by atoms with Gasteiger partial charge in [-0.05, 0) is 29.8 Å². The second-order valence-electron chi connectivity index (χ2n) is 4.17. The maximum atomic E-state index is 5.65. The average Bonchev–Trinajstić information content (AvgIpc) is 2.93. The molecule has 0 saturated carbocycles. The summed E-state index contributed by atoms with van der Waals surface area (Å²) in [5.74, 6) is 2.25. The highest BCUT2D eigenvalue weighted by Crippen LogP contribution is 2.32. The monoisotopic (exact) mass is 258 g/mol. The van der Waals surface area contributed by atoms with Gasteiger partial charge in [0.05, 0.1) is 11.9 Å². The number of ether oxygens (including phenoxy) is 3. The predicted molar refractivity (Wildman–Crippen MR) is 69.0 cm³/mol. The second kappa shape index (κ2) is 5.16. The first-order chi connectivity index (χ1) is 9.35. The molecule has 0 aliphatic carbocycles. The lowest BCUT2D eigenvalue weighted by Crippen LogP contribution is -2.00. The number of hydrogen-bond acceptors (Lipinski definition) is 5. The van der Waals surface area contributed by atoms with Crippen LogP contribution >= 0.6 is 0 Å². The number of rotatable bonds is 4. The van der Waals surface area contributed by atoms with E-state index in [0.29, 0.717) is 13.2 Å². The van der Waals surface area contributed by atoms with Crippen LogP contribution in [-0.4, -0.2) is 11.8 Å². The van der Waals surface area contributed by atoms with Crippen LogP contribution in [0.15, 0.2) is 36.5 Å². The summed E-state index contributed by atoms with van der Waals surface area (Å²) in [4.78, 5) is 4.17. The van der Waals surface area contributed by atoms with E-state index < -0.39 is 0 Å². The summed E-state index contributed by atoms with van der Waals surface area (Å²) in [7, 11) is 0. The van der Waals surface area contributed by atoms with Crippen LogP contribution in [0.1, 0.15) is 11.3 Å². The van der Waals surface area contributed by atoms with Crippen molar-refractivity contribution in [3.05, 3.63) is 47.8 Å². The number of fused-ring (bicyclic) bond motifs is 1. The minimum atomic E-state index is 0.282. The first-order valence-electron chi connectivity index (χ1n) is 6.01. The van der Waals surface area contributed by atoms with Crippen molar-refractivity contribution in [3.8, 4) is 17.2 Å². The third kappa shape index (κ3) is 2.61. The number of nitrogens with zero attached hydrogens (tertiary/aromatic N) is 1. The molecule has 0 amide bonds. The fraction of sp³-hybridized carbons (Fsp3) is 0.214. The summed E-state index contributed by atoms with van der Waals surface area (Å²) in [5, 5.41) is 0. The Morgan fingerprint density at radius 2 is 2.05 bits per heavy atom. The third-order valence-electron chi connectivity index (χ3n) is 2.85. The maximum absolute atomic E-state index is 5.65. The molecule has 19 heavy (non-hydrogen) atoms. The smallest absolute Gasteiger partial charge is 0.231 e. The summed E-state index contributed by atoms with van der Waals surface area (Å²) >= 11 is 0. The molecule has 0 bridgehead atoms. The van der Waals surface area contributed by atoms with Crippen LogP contribution in [0.25, 0.3) is 0 Å². The lowest BCUT2D eigenvalue weighted by atomic mass is 10.2. The molecule has 1 aliphatic heterocycles. The van der Waals surface area contributed by atoms with Crippen molar-refractivity contribution in [2.75, 3.05) is 6.79 Å². The zero-order valence-electron chi connectivity index (χ0n) is 10.3. The molecule has 2 aromatic rings. The van der Waals surface area contributed by atoms with Crippen molar-refractivity contribution in [3.63, 3.8) is 0 Å². The second-order valence-corrected chi connectivity index (χ2v) is 4.17. The molecule has 0 atom stereocenters. The van der Waals surface area contributed by atoms with E-state index in [4.69, 9.17) is 19.9 Å². The zero-order valence-corrected chi connectivity index (χ0v) is 10.3. The van der Waals surface area contributed by atoms with Gasteiger partial charge in [-0.25, -0.2) is 0 Å². The van der Waals surface area contributed by atoms with Gasteiger partial charge in [-0.1, -0.05) is 6.07 Å². The van der Waals surface area contributed by atoms with Crippen molar-refractivity contribution >= 4 is 0 Å². The molecule has 1 aliphatic rings. The van der Waals surface area contributed by atoms with E-state index in [1.165, 1.54) is 0 Å². The Hall–Kier alpha value is -2.27. The molecule has 5 nitrogen and oxygen atoms in total. The Labute approximate surface area is 110 Å². The van der Waals surface area contributed by atoms with Crippen molar-refractivity contribution in [2.45, 2.75) is 13.2 Å². The first kappa shape index (κ1) is 11.8. The van der Waals surface area contributed by atoms with Crippen LogP contribution in [0, 0.1) is 0 Å². The summed E-state index contributed by atoms with van der Waals surface area (Å²) in [6, 6.07) is 9.48. The van der Waals surface area contributed by atoms with Crippen LogP contribution in [0.5, 0.6) is 17.2 Å². The lowest BCUT2D eigenvalue weighted by Gasteiger charge is -2.07. The fourth-order valence-corrected chi connectivity index (χ4v) is 1.81. The number of benzene rings is 1. The standard InChI is InChI=1S/C14H14N2O3/c15-6-11-2-3-12(7-16-11)17-8-10-1-4-13-14(5-10)19-9-18-13/h1-5,7H,6,8-9,15H2. The van der Waals surface area contributed by atoms with E-state index >= 15 is 0 Å².